The van der Waals surface area contributed by atoms with E-state index < -0.39 is 30.1 Å². The molecular weight excluding hydrogens is 289 g/mol. The molecule has 3 N–H and O–H groups in total. The van der Waals surface area contributed by atoms with Gasteiger partial charge in [-0.1, -0.05) is 12.5 Å². The van der Waals surface area contributed by atoms with Crippen molar-refractivity contribution in [3.05, 3.63) is 22.4 Å². The molecule has 20 heavy (non-hydrogen) atoms. The van der Waals surface area contributed by atoms with Crippen LogP contribution in [0.2, 0.25) is 0 Å². The number of halogens is 3. The maximum absolute atomic E-state index is 12.7. The van der Waals surface area contributed by atoms with Gasteiger partial charge in [0.25, 0.3) is 0 Å². The largest absolute Gasteiger partial charge is 0.391 e. The minimum absolute atomic E-state index is 0.0492. The summed E-state index contributed by atoms with van der Waals surface area (Å²) >= 11 is 1.36. The quantitative estimate of drug-likeness (QED) is 0.902. The third-order valence-electron chi connectivity index (χ3n) is 3.62. The van der Waals surface area contributed by atoms with Gasteiger partial charge in [-0.15, -0.1) is 11.3 Å². The van der Waals surface area contributed by atoms with E-state index in [1.165, 1.54) is 11.3 Å². The molecule has 0 radical (unpaired) electrons. The second-order valence-electron chi connectivity index (χ2n) is 5.10. The van der Waals surface area contributed by atoms with Gasteiger partial charge in [0.1, 0.15) is 6.04 Å². The monoisotopic (exact) mass is 306 g/mol. The van der Waals surface area contributed by atoms with Crippen molar-refractivity contribution in [3.8, 4) is 0 Å². The van der Waals surface area contributed by atoms with Gasteiger partial charge in [0.2, 0.25) is 5.91 Å². The molecule has 0 bridgehead atoms. The number of nitrogens with two attached hydrogens (primary N) is 1. The van der Waals surface area contributed by atoms with Gasteiger partial charge >= 0.3 is 6.18 Å². The summed E-state index contributed by atoms with van der Waals surface area (Å²) in [7, 11) is 0. The van der Waals surface area contributed by atoms with Crippen LogP contribution in [-0.4, -0.2) is 18.1 Å². The lowest BCUT2D eigenvalue weighted by molar-refractivity contribution is -0.184. The summed E-state index contributed by atoms with van der Waals surface area (Å²) in [4.78, 5) is 12.7. The normalized spacial score (nSPS) is 25.2. The topological polar surface area (TPSA) is 55.1 Å². The number of alkyl halides is 3. The van der Waals surface area contributed by atoms with Crippen LogP contribution in [0.3, 0.4) is 0 Å². The van der Waals surface area contributed by atoms with Crippen molar-refractivity contribution in [2.45, 2.75) is 43.9 Å². The number of thiophene rings is 1. The highest BCUT2D eigenvalue weighted by Gasteiger charge is 2.42. The Morgan fingerprint density at radius 3 is 2.80 bits per heavy atom. The van der Waals surface area contributed by atoms with E-state index in [4.69, 9.17) is 5.73 Å². The number of hydrogen-bond acceptors (Lipinski definition) is 3. The molecule has 0 aromatic carbocycles. The Kier molecular flexibility index (Phi) is 4.70. The van der Waals surface area contributed by atoms with E-state index in [1.54, 1.807) is 12.1 Å². The molecule has 3 atom stereocenters. The van der Waals surface area contributed by atoms with Crippen LogP contribution in [0.4, 0.5) is 13.2 Å². The molecule has 3 unspecified atom stereocenters. The second-order valence-corrected chi connectivity index (χ2v) is 6.08. The van der Waals surface area contributed by atoms with Gasteiger partial charge in [-0.25, -0.2) is 0 Å². The average Bonchev–Trinajstić information content (AvgIpc) is 2.91. The van der Waals surface area contributed by atoms with E-state index in [0.717, 1.165) is 0 Å². The molecule has 112 valence electrons. The molecule has 1 amide bonds. The summed E-state index contributed by atoms with van der Waals surface area (Å²) in [6.07, 6.45) is -3.03. The van der Waals surface area contributed by atoms with Gasteiger partial charge in [-0.3, -0.25) is 4.79 Å². The summed E-state index contributed by atoms with van der Waals surface area (Å²) in [5, 5.41) is 4.46. The van der Waals surface area contributed by atoms with Crippen molar-refractivity contribution in [2.75, 3.05) is 0 Å². The summed E-state index contributed by atoms with van der Waals surface area (Å²) < 4.78 is 38.1. The predicted octanol–water partition coefficient (Wildman–Crippen LogP) is 2.99. The lowest BCUT2D eigenvalue weighted by atomic mass is 9.85. The minimum Gasteiger partial charge on any atom is -0.352 e. The number of nitrogens with one attached hydrogen (secondary N) is 1. The van der Waals surface area contributed by atoms with Crippen molar-refractivity contribution >= 4 is 17.2 Å². The van der Waals surface area contributed by atoms with Crippen LogP contribution in [0.5, 0.6) is 0 Å². The van der Waals surface area contributed by atoms with Crippen molar-refractivity contribution in [1.29, 1.82) is 0 Å². The van der Waals surface area contributed by atoms with E-state index >= 15 is 0 Å². The van der Waals surface area contributed by atoms with Gasteiger partial charge in [0.15, 0.2) is 0 Å². The van der Waals surface area contributed by atoms with E-state index in [9.17, 15) is 18.0 Å². The number of hydrogen-bond donors (Lipinski definition) is 2. The summed E-state index contributed by atoms with van der Waals surface area (Å²) in [5.41, 5.74) is 5.80. The fourth-order valence-corrected chi connectivity index (χ4v) is 3.23. The fourth-order valence-electron chi connectivity index (χ4n) is 2.51. The molecular formula is C13H17F3N2OS. The Labute approximate surface area is 119 Å². The van der Waals surface area contributed by atoms with E-state index in [2.05, 4.69) is 5.32 Å². The first-order valence-electron chi connectivity index (χ1n) is 6.54. The summed E-state index contributed by atoms with van der Waals surface area (Å²) in [6, 6.07) is 2.29. The first-order valence-corrected chi connectivity index (χ1v) is 7.42. The van der Waals surface area contributed by atoms with Crippen molar-refractivity contribution in [1.82, 2.24) is 5.32 Å². The summed E-state index contributed by atoms with van der Waals surface area (Å²) in [5.74, 6) is -1.72. The van der Waals surface area contributed by atoms with Crippen LogP contribution in [0, 0.1) is 5.92 Å². The first-order chi connectivity index (χ1) is 9.38. The number of amides is 1. The van der Waals surface area contributed by atoms with Crippen LogP contribution in [0.1, 0.15) is 36.6 Å². The molecule has 0 spiro atoms. The Balaban J connectivity index is 1.91. The zero-order chi connectivity index (χ0) is 14.8. The molecule has 7 heteroatoms. The molecule has 1 aliphatic carbocycles. The zero-order valence-corrected chi connectivity index (χ0v) is 11.6. The maximum Gasteiger partial charge on any atom is 0.391 e. The van der Waals surface area contributed by atoms with Crippen LogP contribution in [0.25, 0.3) is 0 Å². The molecule has 1 fully saturated rings. The van der Waals surface area contributed by atoms with Crippen LogP contribution in [-0.2, 0) is 4.79 Å². The van der Waals surface area contributed by atoms with E-state index in [0.29, 0.717) is 17.7 Å². The molecule has 1 aromatic heterocycles. The smallest absolute Gasteiger partial charge is 0.352 e. The highest BCUT2D eigenvalue weighted by atomic mass is 32.1. The molecule has 0 saturated heterocycles. The molecule has 1 aromatic rings. The third kappa shape index (κ3) is 3.73. The predicted molar refractivity (Wildman–Crippen MR) is 71.2 cm³/mol. The molecule has 0 aliphatic heterocycles. The standard InChI is InChI=1S/C13H17F3N2OS/c14-13(15,16)8-3-1-4-9(7-8)18-12(19)11(17)10-5-2-6-20-10/h2,5-6,8-9,11H,1,3-4,7,17H2,(H,18,19). The van der Waals surface area contributed by atoms with Gasteiger partial charge in [0.05, 0.1) is 5.92 Å². The highest BCUT2D eigenvalue weighted by molar-refractivity contribution is 7.10. The lowest BCUT2D eigenvalue weighted by Gasteiger charge is -2.31. The highest BCUT2D eigenvalue weighted by Crippen LogP contribution is 2.37. The lowest BCUT2D eigenvalue weighted by Crippen LogP contribution is -2.44. The SMILES string of the molecule is NC(C(=O)NC1CCCC(C(F)(F)F)C1)c1cccs1. The van der Waals surface area contributed by atoms with E-state index in [-0.39, 0.29) is 12.8 Å². The van der Waals surface area contributed by atoms with Crippen molar-refractivity contribution in [3.63, 3.8) is 0 Å². The number of rotatable bonds is 3. The molecule has 1 aliphatic rings. The molecule has 2 rings (SSSR count). The minimum atomic E-state index is -4.18. The van der Waals surface area contributed by atoms with Crippen molar-refractivity contribution < 1.29 is 18.0 Å². The zero-order valence-electron chi connectivity index (χ0n) is 10.8. The molecule has 3 nitrogen and oxygen atoms in total. The Hall–Kier alpha value is -1.08. The second kappa shape index (κ2) is 6.13. The van der Waals surface area contributed by atoms with Crippen molar-refractivity contribution in [2.24, 2.45) is 11.7 Å². The third-order valence-corrected chi connectivity index (χ3v) is 4.57. The Morgan fingerprint density at radius 1 is 1.45 bits per heavy atom. The average molecular weight is 306 g/mol. The summed E-state index contributed by atoms with van der Waals surface area (Å²) in [6.45, 7) is 0. The maximum atomic E-state index is 12.7. The van der Waals surface area contributed by atoms with Gasteiger partial charge < -0.3 is 11.1 Å². The first kappa shape index (κ1) is 15.3. The Morgan fingerprint density at radius 2 is 2.20 bits per heavy atom. The Bertz CT molecular complexity index is 447. The molecule has 1 heterocycles. The molecule has 1 saturated carbocycles. The van der Waals surface area contributed by atoms with E-state index in [1.807, 2.05) is 5.38 Å². The van der Waals surface area contributed by atoms with Crippen LogP contribution >= 0.6 is 11.3 Å². The van der Waals surface area contributed by atoms with Gasteiger partial charge in [-0.2, -0.15) is 13.2 Å². The van der Waals surface area contributed by atoms with Gasteiger partial charge in [-0.05, 0) is 30.7 Å². The van der Waals surface area contributed by atoms with Crippen LogP contribution < -0.4 is 11.1 Å². The van der Waals surface area contributed by atoms with Gasteiger partial charge in [0, 0.05) is 10.9 Å². The number of carbonyl (C=O) groups is 1. The fraction of sp³-hybridized carbons (Fsp3) is 0.615. The number of carbonyl (C=O) groups excluding carboxylic acids is 1. The van der Waals surface area contributed by atoms with Crippen LogP contribution in [0.15, 0.2) is 17.5 Å².